The van der Waals surface area contributed by atoms with Crippen LogP contribution in [0.25, 0.3) is 0 Å². The molecule has 1 atom stereocenters. The Morgan fingerprint density at radius 1 is 1.12 bits per heavy atom. The van der Waals surface area contributed by atoms with E-state index < -0.39 is 6.04 Å². The normalized spacial score (nSPS) is 26.6. The largest absolute Gasteiger partial charge is 0.483 e. The van der Waals surface area contributed by atoms with Crippen molar-refractivity contribution >= 4 is 17.7 Å². The van der Waals surface area contributed by atoms with Gasteiger partial charge in [-0.2, -0.15) is 0 Å². The van der Waals surface area contributed by atoms with E-state index >= 15 is 0 Å². The lowest BCUT2D eigenvalue weighted by atomic mass is 9.85. The second-order valence-electron chi connectivity index (χ2n) is 7.38. The summed E-state index contributed by atoms with van der Waals surface area (Å²) in [6.45, 7) is 2.00. The van der Waals surface area contributed by atoms with Crippen molar-refractivity contribution in [1.82, 2.24) is 15.5 Å². The van der Waals surface area contributed by atoms with Crippen LogP contribution in [0.3, 0.4) is 0 Å². The maximum Gasteiger partial charge on any atom is 0.258 e. The van der Waals surface area contributed by atoms with Crippen molar-refractivity contribution < 1.29 is 19.1 Å². The molecule has 2 saturated heterocycles. The molecule has 0 aromatic heterocycles. The molecule has 1 unspecified atom stereocenters. The van der Waals surface area contributed by atoms with Crippen LogP contribution in [0.4, 0.5) is 0 Å². The molecule has 1 aromatic carbocycles. The molecule has 0 bridgehead atoms. The number of rotatable bonds is 1. The summed E-state index contributed by atoms with van der Waals surface area (Å²) in [7, 11) is 0. The van der Waals surface area contributed by atoms with Gasteiger partial charge in [0.15, 0.2) is 0 Å². The summed E-state index contributed by atoms with van der Waals surface area (Å²) < 4.78 is 6.28. The van der Waals surface area contributed by atoms with Crippen molar-refractivity contribution in [2.45, 2.75) is 43.9 Å². The number of benzene rings is 1. The SMILES string of the molecule is O=C1CCC(N2Cc3ccc4c(c3C2=O)OC2(CC4)CNC2)C(=O)N1. The van der Waals surface area contributed by atoms with E-state index in [-0.39, 0.29) is 29.7 Å². The van der Waals surface area contributed by atoms with Gasteiger partial charge in [0, 0.05) is 26.1 Å². The standard InChI is InChI=1S/C18H19N3O4/c22-13-4-3-12(16(23)20-13)21-7-11-2-1-10-5-6-18(8-19-9-18)25-15(10)14(11)17(21)24/h1-2,12,19H,3-9H2,(H,20,22,23). The number of carbonyl (C=O) groups excluding carboxylic acids is 3. The van der Waals surface area contributed by atoms with E-state index in [1.165, 1.54) is 0 Å². The second-order valence-corrected chi connectivity index (χ2v) is 7.38. The average Bonchev–Trinajstić information content (AvgIpc) is 2.90. The molecule has 25 heavy (non-hydrogen) atoms. The number of aryl methyl sites for hydroxylation is 1. The lowest BCUT2D eigenvalue weighted by Gasteiger charge is -2.46. The zero-order valence-electron chi connectivity index (χ0n) is 13.8. The van der Waals surface area contributed by atoms with E-state index in [4.69, 9.17) is 4.74 Å². The van der Waals surface area contributed by atoms with Crippen LogP contribution in [0.5, 0.6) is 5.75 Å². The molecule has 2 N–H and O–H groups in total. The highest BCUT2D eigenvalue weighted by Crippen LogP contribution is 2.42. The monoisotopic (exact) mass is 341 g/mol. The first-order chi connectivity index (χ1) is 12.1. The zero-order chi connectivity index (χ0) is 17.2. The minimum Gasteiger partial charge on any atom is -0.483 e. The molecular weight excluding hydrogens is 322 g/mol. The summed E-state index contributed by atoms with van der Waals surface area (Å²) in [5, 5.41) is 5.58. The summed E-state index contributed by atoms with van der Waals surface area (Å²) in [5.41, 5.74) is 2.38. The van der Waals surface area contributed by atoms with Gasteiger partial charge in [-0.15, -0.1) is 0 Å². The number of piperidine rings is 1. The highest BCUT2D eigenvalue weighted by molar-refractivity contribution is 6.06. The van der Waals surface area contributed by atoms with Gasteiger partial charge in [0.05, 0.1) is 5.56 Å². The quantitative estimate of drug-likeness (QED) is 0.708. The Hall–Kier alpha value is -2.41. The third-order valence-electron chi connectivity index (χ3n) is 5.79. The first-order valence-corrected chi connectivity index (χ1v) is 8.75. The Balaban J connectivity index is 1.49. The minimum atomic E-state index is -0.587. The highest BCUT2D eigenvalue weighted by atomic mass is 16.5. The van der Waals surface area contributed by atoms with Crippen LogP contribution < -0.4 is 15.4 Å². The van der Waals surface area contributed by atoms with Crippen molar-refractivity contribution in [3.8, 4) is 5.75 Å². The Labute approximate surface area is 144 Å². The van der Waals surface area contributed by atoms with Gasteiger partial charge >= 0.3 is 0 Å². The van der Waals surface area contributed by atoms with Gasteiger partial charge in [-0.05, 0) is 30.4 Å². The number of imide groups is 1. The molecule has 1 aromatic rings. The lowest BCUT2D eigenvalue weighted by Crippen LogP contribution is -2.64. The van der Waals surface area contributed by atoms with Crippen LogP contribution in [-0.2, 0) is 22.6 Å². The van der Waals surface area contributed by atoms with Crippen LogP contribution in [0.15, 0.2) is 12.1 Å². The number of carbonyl (C=O) groups is 3. The number of hydrogen-bond donors (Lipinski definition) is 2. The van der Waals surface area contributed by atoms with Crippen molar-refractivity contribution in [2.24, 2.45) is 0 Å². The number of nitrogens with zero attached hydrogens (tertiary/aromatic N) is 1. The van der Waals surface area contributed by atoms with Crippen molar-refractivity contribution in [3.05, 3.63) is 28.8 Å². The van der Waals surface area contributed by atoms with E-state index in [2.05, 4.69) is 10.6 Å². The minimum absolute atomic E-state index is 0.161. The number of amides is 3. The van der Waals surface area contributed by atoms with Crippen LogP contribution in [0.2, 0.25) is 0 Å². The summed E-state index contributed by atoms with van der Waals surface area (Å²) >= 11 is 0. The maximum atomic E-state index is 13.1. The van der Waals surface area contributed by atoms with Gasteiger partial charge in [-0.3, -0.25) is 19.7 Å². The molecule has 0 aliphatic carbocycles. The van der Waals surface area contributed by atoms with Gasteiger partial charge in [0.1, 0.15) is 17.4 Å². The molecule has 3 amide bonds. The first-order valence-electron chi connectivity index (χ1n) is 8.75. The van der Waals surface area contributed by atoms with Crippen molar-refractivity contribution in [1.29, 1.82) is 0 Å². The molecule has 5 rings (SSSR count). The van der Waals surface area contributed by atoms with Gasteiger partial charge in [0.25, 0.3) is 5.91 Å². The molecule has 4 aliphatic rings. The molecule has 0 radical (unpaired) electrons. The Morgan fingerprint density at radius 2 is 1.92 bits per heavy atom. The molecule has 4 aliphatic heterocycles. The van der Waals surface area contributed by atoms with E-state index in [1.807, 2.05) is 12.1 Å². The number of ether oxygens (including phenoxy) is 1. The Bertz CT molecular complexity index is 815. The predicted octanol–water partition coefficient (Wildman–Crippen LogP) is 0.115. The van der Waals surface area contributed by atoms with Gasteiger partial charge in [-0.1, -0.05) is 12.1 Å². The molecule has 7 heteroatoms. The first kappa shape index (κ1) is 14.9. The molecule has 1 spiro atoms. The van der Waals surface area contributed by atoms with Gasteiger partial charge < -0.3 is 15.0 Å². The lowest BCUT2D eigenvalue weighted by molar-refractivity contribution is -0.136. The third-order valence-corrected chi connectivity index (χ3v) is 5.79. The third kappa shape index (κ3) is 2.12. The number of nitrogens with one attached hydrogen (secondary N) is 2. The molecule has 4 heterocycles. The highest BCUT2D eigenvalue weighted by Gasteiger charge is 2.46. The summed E-state index contributed by atoms with van der Waals surface area (Å²) in [6.07, 6.45) is 2.49. The molecule has 2 fully saturated rings. The fraction of sp³-hybridized carbons (Fsp3) is 0.500. The average molecular weight is 341 g/mol. The summed E-state index contributed by atoms with van der Waals surface area (Å²) in [5.74, 6) is -0.117. The van der Waals surface area contributed by atoms with Crippen LogP contribution >= 0.6 is 0 Å². The summed E-state index contributed by atoms with van der Waals surface area (Å²) in [6, 6.07) is 3.42. The topological polar surface area (TPSA) is 87.7 Å². The Kier molecular flexibility index (Phi) is 3.01. The molecule has 7 nitrogen and oxygen atoms in total. The molecular formula is C18H19N3O4. The smallest absolute Gasteiger partial charge is 0.258 e. The summed E-state index contributed by atoms with van der Waals surface area (Å²) in [4.78, 5) is 38.2. The maximum absolute atomic E-state index is 13.1. The van der Waals surface area contributed by atoms with Crippen LogP contribution in [0, 0.1) is 0 Å². The number of hydrogen-bond acceptors (Lipinski definition) is 5. The van der Waals surface area contributed by atoms with E-state index in [9.17, 15) is 14.4 Å². The van der Waals surface area contributed by atoms with Crippen LogP contribution in [-0.4, -0.2) is 47.4 Å². The van der Waals surface area contributed by atoms with Crippen molar-refractivity contribution in [2.75, 3.05) is 13.1 Å². The fourth-order valence-electron chi connectivity index (χ4n) is 4.26. The number of fused-ring (bicyclic) bond motifs is 3. The predicted molar refractivity (Wildman–Crippen MR) is 87.0 cm³/mol. The molecule has 130 valence electrons. The second kappa shape index (κ2) is 5.05. The van der Waals surface area contributed by atoms with E-state index in [0.717, 1.165) is 37.1 Å². The Morgan fingerprint density at radius 3 is 2.64 bits per heavy atom. The van der Waals surface area contributed by atoms with Crippen molar-refractivity contribution in [3.63, 3.8) is 0 Å². The molecule has 0 saturated carbocycles. The zero-order valence-corrected chi connectivity index (χ0v) is 13.8. The van der Waals surface area contributed by atoms with Gasteiger partial charge in [0.2, 0.25) is 11.8 Å². The fourth-order valence-corrected chi connectivity index (χ4v) is 4.26. The van der Waals surface area contributed by atoms with E-state index in [1.54, 1.807) is 4.90 Å². The van der Waals surface area contributed by atoms with Crippen LogP contribution in [0.1, 0.15) is 40.7 Å². The van der Waals surface area contributed by atoms with E-state index in [0.29, 0.717) is 24.3 Å². The van der Waals surface area contributed by atoms with Gasteiger partial charge in [-0.25, -0.2) is 0 Å².